The van der Waals surface area contributed by atoms with E-state index in [1.165, 1.54) is 19.4 Å². The van der Waals surface area contributed by atoms with Crippen LogP contribution in [0.3, 0.4) is 0 Å². The predicted molar refractivity (Wildman–Crippen MR) is 75.7 cm³/mol. The van der Waals surface area contributed by atoms with Gasteiger partial charge in [-0.3, -0.25) is 5.43 Å². The molecule has 0 spiro atoms. The molecule has 2 aromatic rings. The molecule has 0 bridgehead atoms. The molecular weight excluding hydrogens is 281 g/mol. The Bertz CT molecular complexity index is 625. The van der Waals surface area contributed by atoms with Gasteiger partial charge in [0.15, 0.2) is 0 Å². The van der Waals surface area contributed by atoms with Crippen LogP contribution in [0, 0.1) is 0 Å². The van der Waals surface area contributed by atoms with Crippen molar-refractivity contribution < 1.29 is 17.9 Å². The number of rotatable bonds is 4. The maximum atomic E-state index is 12.8. The molecule has 0 saturated carbocycles. The predicted octanol–water partition coefficient (Wildman–Crippen LogP) is 4.16. The minimum Gasteiger partial charge on any atom is -0.497 e. The topological polar surface area (TPSA) is 33.6 Å². The molecule has 3 nitrogen and oxygen atoms in total. The van der Waals surface area contributed by atoms with Crippen molar-refractivity contribution in [1.82, 2.24) is 0 Å². The fourth-order valence-corrected chi connectivity index (χ4v) is 1.67. The molecule has 0 aromatic heterocycles. The number of nitrogens with one attached hydrogen (secondary N) is 1. The first kappa shape index (κ1) is 14.9. The number of hydrogen-bond acceptors (Lipinski definition) is 3. The fraction of sp³-hybridized carbons (Fsp3) is 0.133. The van der Waals surface area contributed by atoms with Crippen LogP contribution in [-0.4, -0.2) is 13.3 Å². The zero-order chi connectivity index (χ0) is 15.3. The zero-order valence-corrected chi connectivity index (χ0v) is 11.2. The monoisotopic (exact) mass is 294 g/mol. The van der Waals surface area contributed by atoms with E-state index in [-0.39, 0.29) is 5.75 Å². The van der Waals surface area contributed by atoms with Crippen molar-refractivity contribution in [3.63, 3.8) is 0 Å². The van der Waals surface area contributed by atoms with Gasteiger partial charge in [0.2, 0.25) is 0 Å². The third-order valence-electron chi connectivity index (χ3n) is 2.67. The second-order valence-corrected chi connectivity index (χ2v) is 4.23. The Kier molecular flexibility index (Phi) is 4.47. The summed E-state index contributed by atoms with van der Waals surface area (Å²) in [4.78, 5) is 0. The average Bonchev–Trinajstić information content (AvgIpc) is 2.47. The number of ether oxygens (including phenoxy) is 1. The number of nitrogens with zero attached hydrogens (tertiary/aromatic N) is 1. The van der Waals surface area contributed by atoms with Crippen molar-refractivity contribution in [3.05, 3.63) is 59.7 Å². The summed E-state index contributed by atoms with van der Waals surface area (Å²) in [5, 5.41) is 3.91. The van der Waals surface area contributed by atoms with Gasteiger partial charge in [-0.15, -0.1) is 0 Å². The van der Waals surface area contributed by atoms with Gasteiger partial charge < -0.3 is 4.74 Å². The summed E-state index contributed by atoms with van der Waals surface area (Å²) in [6, 6.07) is 12.5. The second kappa shape index (κ2) is 6.30. The number of methoxy groups -OCH3 is 1. The molecule has 0 fully saturated rings. The Morgan fingerprint density at radius 2 is 1.81 bits per heavy atom. The molecular formula is C15H13F3N2O. The standard InChI is InChI=1S/C15H13F3N2O/c1-21-14-8-11(7-12(9-14)15(16,17)18)10-19-20-13-5-3-2-4-6-13/h2-10,20H,1H3. The Hall–Kier alpha value is -2.50. The molecule has 0 aliphatic heterocycles. The fourth-order valence-electron chi connectivity index (χ4n) is 1.67. The number of alkyl halides is 3. The number of hydrazone groups is 1. The van der Waals surface area contributed by atoms with Crippen LogP contribution < -0.4 is 10.2 Å². The van der Waals surface area contributed by atoms with Crippen LogP contribution in [0.2, 0.25) is 0 Å². The van der Waals surface area contributed by atoms with Gasteiger partial charge in [-0.05, 0) is 35.9 Å². The van der Waals surface area contributed by atoms with Gasteiger partial charge in [0.25, 0.3) is 0 Å². The van der Waals surface area contributed by atoms with Crippen molar-refractivity contribution >= 4 is 11.9 Å². The quantitative estimate of drug-likeness (QED) is 0.678. The highest BCUT2D eigenvalue weighted by Crippen LogP contribution is 2.32. The maximum absolute atomic E-state index is 12.8. The molecule has 1 N–H and O–H groups in total. The lowest BCUT2D eigenvalue weighted by Gasteiger charge is -2.09. The average molecular weight is 294 g/mol. The molecule has 110 valence electrons. The highest BCUT2D eigenvalue weighted by atomic mass is 19.4. The van der Waals surface area contributed by atoms with Crippen LogP contribution in [-0.2, 0) is 6.18 Å². The second-order valence-electron chi connectivity index (χ2n) is 4.23. The van der Waals surface area contributed by atoms with E-state index in [0.29, 0.717) is 5.56 Å². The SMILES string of the molecule is COc1cc(C=NNc2ccccc2)cc(C(F)(F)F)c1. The van der Waals surface area contributed by atoms with Crippen LogP contribution in [0.1, 0.15) is 11.1 Å². The maximum Gasteiger partial charge on any atom is 0.416 e. The van der Waals surface area contributed by atoms with Crippen molar-refractivity contribution in [2.24, 2.45) is 5.10 Å². The van der Waals surface area contributed by atoms with E-state index in [0.717, 1.165) is 17.8 Å². The lowest BCUT2D eigenvalue weighted by Crippen LogP contribution is -2.06. The molecule has 0 radical (unpaired) electrons. The third kappa shape index (κ3) is 4.24. The molecule has 6 heteroatoms. The Morgan fingerprint density at radius 1 is 1.10 bits per heavy atom. The zero-order valence-electron chi connectivity index (χ0n) is 11.2. The molecule has 0 amide bonds. The largest absolute Gasteiger partial charge is 0.497 e. The summed E-state index contributed by atoms with van der Waals surface area (Å²) >= 11 is 0. The molecule has 21 heavy (non-hydrogen) atoms. The Balaban J connectivity index is 2.19. The van der Waals surface area contributed by atoms with Gasteiger partial charge in [0.1, 0.15) is 5.75 Å². The first-order valence-corrected chi connectivity index (χ1v) is 6.09. The van der Waals surface area contributed by atoms with Gasteiger partial charge in [-0.1, -0.05) is 18.2 Å². The number of para-hydroxylation sites is 1. The summed E-state index contributed by atoms with van der Waals surface area (Å²) in [5.41, 5.74) is 3.00. The molecule has 2 aromatic carbocycles. The number of hydrogen-bond donors (Lipinski definition) is 1. The van der Waals surface area contributed by atoms with Crippen LogP contribution in [0.25, 0.3) is 0 Å². The normalized spacial score (nSPS) is 11.6. The molecule has 0 unspecified atom stereocenters. The molecule has 0 saturated heterocycles. The van der Waals surface area contributed by atoms with Gasteiger partial charge in [0.05, 0.1) is 24.6 Å². The number of benzene rings is 2. The molecule has 0 aliphatic carbocycles. The summed E-state index contributed by atoms with van der Waals surface area (Å²) < 4.78 is 43.1. The van der Waals surface area contributed by atoms with Crippen LogP contribution in [0.5, 0.6) is 5.75 Å². The van der Waals surface area contributed by atoms with Crippen LogP contribution >= 0.6 is 0 Å². The van der Waals surface area contributed by atoms with Gasteiger partial charge >= 0.3 is 6.18 Å². The van der Waals surface area contributed by atoms with Crippen molar-refractivity contribution in [1.29, 1.82) is 0 Å². The van der Waals surface area contributed by atoms with E-state index in [1.54, 1.807) is 12.1 Å². The van der Waals surface area contributed by atoms with Gasteiger partial charge in [0, 0.05) is 0 Å². The van der Waals surface area contributed by atoms with E-state index >= 15 is 0 Å². The summed E-state index contributed by atoms with van der Waals surface area (Å²) in [7, 11) is 1.32. The van der Waals surface area contributed by atoms with Crippen molar-refractivity contribution in [2.45, 2.75) is 6.18 Å². The van der Waals surface area contributed by atoms with Crippen molar-refractivity contribution in [2.75, 3.05) is 12.5 Å². The smallest absolute Gasteiger partial charge is 0.416 e. The summed E-state index contributed by atoms with van der Waals surface area (Å²) in [6.45, 7) is 0. The molecule has 0 atom stereocenters. The number of anilines is 1. The highest BCUT2D eigenvalue weighted by molar-refractivity contribution is 5.81. The van der Waals surface area contributed by atoms with E-state index in [1.807, 2.05) is 18.2 Å². The first-order valence-electron chi connectivity index (χ1n) is 6.09. The highest BCUT2D eigenvalue weighted by Gasteiger charge is 2.31. The van der Waals surface area contributed by atoms with E-state index in [2.05, 4.69) is 10.5 Å². The third-order valence-corrected chi connectivity index (χ3v) is 2.67. The summed E-state index contributed by atoms with van der Waals surface area (Å²) in [6.07, 6.45) is -3.12. The summed E-state index contributed by atoms with van der Waals surface area (Å²) in [5.74, 6) is 0.131. The van der Waals surface area contributed by atoms with Crippen LogP contribution in [0.4, 0.5) is 18.9 Å². The first-order chi connectivity index (χ1) is 9.99. The van der Waals surface area contributed by atoms with E-state index < -0.39 is 11.7 Å². The molecule has 2 rings (SSSR count). The van der Waals surface area contributed by atoms with Crippen LogP contribution in [0.15, 0.2) is 53.6 Å². The van der Waals surface area contributed by atoms with E-state index in [9.17, 15) is 13.2 Å². The lowest BCUT2D eigenvalue weighted by molar-refractivity contribution is -0.137. The van der Waals surface area contributed by atoms with Gasteiger partial charge in [-0.25, -0.2) is 0 Å². The molecule has 0 aliphatic rings. The van der Waals surface area contributed by atoms with Gasteiger partial charge in [-0.2, -0.15) is 18.3 Å². The Labute approximate surface area is 120 Å². The minimum absolute atomic E-state index is 0.131. The van der Waals surface area contributed by atoms with Crippen molar-refractivity contribution in [3.8, 4) is 5.75 Å². The Morgan fingerprint density at radius 3 is 2.43 bits per heavy atom. The van der Waals surface area contributed by atoms with E-state index in [4.69, 9.17) is 4.74 Å². The lowest BCUT2D eigenvalue weighted by atomic mass is 10.1. The molecule has 0 heterocycles. The number of halogens is 3. The minimum atomic E-state index is -4.43.